The summed E-state index contributed by atoms with van der Waals surface area (Å²) in [7, 11) is 0. The Labute approximate surface area is 119 Å². The first-order valence-corrected chi connectivity index (χ1v) is 7.29. The molecular weight excluding hydrogens is 252 g/mol. The van der Waals surface area contributed by atoms with Crippen LogP contribution in [0.4, 0.5) is 0 Å². The van der Waals surface area contributed by atoms with E-state index in [0.29, 0.717) is 5.92 Å². The van der Waals surface area contributed by atoms with Crippen molar-refractivity contribution in [2.24, 2.45) is 0 Å². The van der Waals surface area contributed by atoms with E-state index in [1.165, 1.54) is 24.8 Å². The highest BCUT2D eigenvalue weighted by molar-refractivity contribution is 5.09. The predicted octanol–water partition coefficient (Wildman–Crippen LogP) is 2.75. The van der Waals surface area contributed by atoms with Gasteiger partial charge in [0.2, 0.25) is 5.89 Å². The molecule has 0 unspecified atom stereocenters. The minimum atomic E-state index is 0.506. The summed E-state index contributed by atoms with van der Waals surface area (Å²) in [5.74, 6) is 2.13. The fourth-order valence-electron chi connectivity index (χ4n) is 2.38. The second kappa shape index (κ2) is 6.13. The number of aromatic nitrogens is 3. The molecule has 3 rings (SSSR count). The molecule has 0 aromatic carbocycles. The Morgan fingerprint density at radius 1 is 1.25 bits per heavy atom. The zero-order valence-corrected chi connectivity index (χ0v) is 11.8. The Hall–Kier alpha value is -1.75. The van der Waals surface area contributed by atoms with Crippen LogP contribution in [0.5, 0.6) is 0 Å². The number of rotatable bonds is 6. The molecular formula is C15H20N4O. The summed E-state index contributed by atoms with van der Waals surface area (Å²) < 4.78 is 5.37. The number of hydrogen-bond donors (Lipinski definition) is 0. The van der Waals surface area contributed by atoms with E-state index in [0.717, 1.165) is 31.3 Å². The Balaban J connectivity index is 1.61. The van der Waals surface area contributed by atoms with Crippen LogP contribution < -0.4 is 0 Å². The van der Waals surface area contributed by atoms with Crippen LogP contribution in [0.2, 0.25) is 0 Å². The van der Waals surface area contributed by atoms with Crippen molar-refractivity contribution in [1.29, 1.82) is 0 Å². The van der Waals surface area contributed by atoms with E-state index < -0.39 is 0 Å². The predicted molar refractivity (Wildman–Crippen MR) is 74.9 cm³/mol. The van der Waals surface area contributed by atoms with E-state index in [9.17, 15) is 0 Å². The highest BCUT2D eigenvalue weighted by Gasteiger charge is 2.25. The smallest absolute Gasteiger partial charge is 0.229 e. The van der Waals surface area contributed by atoms with Gasteiger partial charge in [0.1, 0.15) is 0 Å². The van der Waals surface area contributed by atoms with Gasteiger partial charge in [-0.1, -0.05) is 18.5 Å². The summed E-state index contributed by atoms with van der Waals surface area (Å²) in [5, 5.41) is 4.11. The molecule has 0 saturated heterocycles. The van der Waals surface area contributed by atoms with Crippen molar-refractivity contribution in [3.05, 3.63) is 41.8 Å². The first-order chi connectivity index (χ1) is 9.85. The Bertz CT molecular complexity index is 536. The molecule has 0 N–H and O–H groups in total. The lowest BCUT2D eigenvalue weighted by molar-refractivity contribution is 0.256. The summed E-state index contributed by atoms with van der Waals surface area (Å²) in [4.78, 5) is 10.9. The van der Waals surface area contributed by atoms with Crippen LogP contribution in [0.15, 0.2) is 29.0 Å². The fourth-order valence-corrected chi connectivity index (χ4v) is 2.38. The third-order valence-electron chi connectivity index (χ3n) is 3.91. The van der Waals surface area contributed by atoms with Crippen molar-refractivity contribution in [2.45, 2.75) is 45.2 Å². The van der Waals surface area contributed by atoms with Crippen LogP contribution in [-0.2, 0) is 13.1 Å². The van der Waals surface area contributed by atoms with E-state index in [1.54, 1.807) is 0 Å². The van der Waals surface area contributed by atoms with Crippen molar-refractivity contribution < 1.29 is 4.52 Å². The Morgan fingerprint density at radius 2 is 2.05 bits per heavy atom. The van der Waals surface area contributed by atoms with Gasteiger partial charge in [-0.2, -0.15) is 4.98 Å². The second-order valence-electron chi connectivity index (χ2n) is 5.34. The van der Waals surface area contributed by atoms with Crippen LogP contribution in [0.25, 0.3) is 0 Å². The van der Waals surface area contributed by atoms with Crippen molar-refractivity contribution in [3.63, 3.8) is 0 Å². The lowest BCUT2D eigenvalue weighted by Gasteiger charge is -2.20. The molecule has 20 heavy (non-hydrogen) atoms. The van der Waals surface area contributed by atoms with Gasteiger partial charge in [0.15, 0.2) is 5.82 Å². The van der Waals surface area contributed by atoms with Crippen LogP contribution in [0.1, 0.15) is 49.4 Å². The van der Waals surface area contributed by atoms with Crippen LogP contribution >= 0.6 is 0 Å². The fraction of sp³-hybridized carbons (Fsp3) is 0.533. The first-order valence-electron chi connectivity index (χ1n) is 7.29. The maximum atomic E-state index is 5.37. The van der Waals surface area contributed by atoms with Crippen LogP contribution in [0, 0.1) is 0 Å². The van der Waals surface area contributed by atoms with Gasteiger partial charge in [-0.05, 0) is 37.1 Å². The van der Waals surface area contributed by atoms with Gasteiger partial charge in [0, 0.05) is 24.9 Å². The van der Waals surface area contributed by atoms with Crippen molar-refractivity contribution in [2.75, 3.05) is 6.54 Å². The van der Waals surface area contributed by atoms with Gasteiger partial charge >= 0.3 is 0 Å². The lowest BCUT2D eigenvalue weighted by atomic mass is 9.85. The molecule has 0 radical (unpaired) electrons. The molecule has 0 spiro atoms. The molecule has 0 amide bonds. The molecule has 106 valence electrons. The molecule has 5 nitrogen and oxygen atoms in total. The average Bonchev–Trinajstić information content (AvgIpc) is 2.85. The molecule has 1 aliphatic carbocycles. The molecule has 0 bridgehead atoms. The van der Waals surface area contributed by atoms with Gasteiger partial charge in [0.25, 0.3) is 0 Å². The third-order valence-corrected chi connectivity index (χ3v) is 3.91. The molecule has 2 aromatic rings. The molecule has 0 aliphatic heterocycles. The maximum absolute atomic E-state index is 5.37. The minimum Gasteiger partial charge on any atom is -0.339 e. The largest absolute Gasteiger partial charge is 0.339 e. The maximum Gasteiger partial charge on any atom is 0.229 e. The molecule has 2 aromatic heterocycles. The molecule has 1 saturated carbocycles. The van der Waals surface area contributed by atoms with E-state index in [-0.39, 0.29) is 0 Å². The summed E-state index contributed by atoms with van der Waals surface area (Å²) in [6.07, 6.45) is 7.32. The summed E-state index contributed by atoms with van der Waals surface area (Å²) in [6, 6.07) is 4.08. The lowest BCUT2D eigenvalue weighted by Crippen LogP contribution is -2.23. The Morgan fingerprint density at radius 3 is 2.70 bits per heavy atom. The second-order valence-corrected chi connectivity index (χ2v) is 5.34. The highest BCUT2D eigenvalue weighted by Crippen LogP contribution is 2.35. The van der Waals surface area contributed by atoms with Gasteiger partial charge < -0.3 is 4.52 Å². The number of nitrogens with zero attached hydrogens (tertiary/aromatic N) is 4. The average molecular weight is 272 g/mol. The summed E-state index contributed by atoms with van der Waals surface area (Å²) >= 11 is 0. The molecule has 2 heterocycles. The first kappa shape index (κ1) is 13.2. The number of pyridine rings is 1. The minimum absolute atomic E-state index is 0.506. The zero-order chi connectivity index (χ0) is 13.8. The van der Waals surface area contributed by atoms with Gasteiger partial charge in [-0.25, -0.2) is 0 Å². The van der Waals surface area contributed by atoms with Crippen LogP contribution in [0.3, 0.4) is 0 Å². The topological polar surface area (TPSA) is 55.1 Å². The van der Waals surface area contributed by atoms with E-state index in [2.05, 4.69) is 26.9 Å². The van der Waals surface area contributed by atoms with Gasteiger partial charge in [-0.3, -0.25) is 9.88 Å². The summed E-state index contributed by atoms with van der Waals surface area (Å²) in [6.45, 7) is 4.71. The molecule has 0 atom stereocenters. The quantitative estimate of drug-likeness (QED) is 0.809. The monoisotopic (exact) mass is 272 g/mol. The van der Waals surface area contributed by atoms with Crippen molar-refractivity contribution >= 4 is 0 Å². The molecule has 1 fully saturated rings. The molecule has 1 aliphatic rings. The van der Waals surface area contributed by atoms with E-state index in [4.69, 9.17) is 4.52 Å². The number of hydrogen-bond acceptors (Lipinski definition) is 5. The highest BCUT2D eigenvalue weighted by atomic mass is 16.5. The van der Waals surface area contributed by atoms with Crippen molar-refractivity contribution in [1.82, 2.24) is 20.0 Å². The van der Waals surface area contributed by atoms with Gasteiger partial charge in [-0.15, -0.1) is 0 Å². The van der Waals surface area contributed by atoms with E-state index >= 15 is 0 Å². The third kappa shape index (κ3) is 3.04. The van der Waals surface area contributed by atoms with Gasteiger partial charge in [0.05, 0.1) is 6.54 Å². The zero-order valence-electron chi connectivity index (χ0n) is 11.8. The molecule has 5 heteroatoms. The van der Waals surface area contributed by atoms with Crippen LogP contribution in [-0.4, -0.2) is 26.6 Å². The van der Waals surface area contributed by atoms with Crippen molar-refractivity contribution in [3.8, 4) is 0 Å². The summed E-state index contributed by atoms with van der Waals surface area (Å²) in [5.41, 5.74) is 1.25. The Kier molecular flexibility index (Phi) is 4.06. The SMILES string of the molecule is CCN(Cc1ccncc1)Cc1noc(C2CCC2)n1. The standard InChI is InChI=1S/C15H20N4O/c1-2-19(10-12-6-8-16-9-7-12)11-14-17-15(20-18-14)13-4-3-5-13/h6-9,13H,2-5,10-11H2,1H3. The normalized spacial score (nSPS) is 15.5. The van der Waals surface area contributed by atoms with E-state index in [1.807, 2.05) is 24.5 Å².